The molecule has 1 aliphatic rings. The van der Waals surface area contributed by atoms with Crippen molar-refractivity contribution in [2.24, 2.45) is 0 Å². The summed E-state index contributed by atoms with van der Waals surface area (Å²) < 4.78 is 0. The van der Waals surface area contributed by atoms with Gasteiger partial charge in [-0.3, -0.25) is 0 Å². The fourth-order valence-electron chi connectivity index (χ4n) is 1.57. The smallest absolute Gasteiger partial charge is 0.354 e. The molecule has 2 N–H and O–H groups in total. The Morgan fingerprint density at radius 3 is 2.88 bits per heavy atom. The highest BCUT2D eigenvalue weighted by atomic mass is 16.4. The molecule has 0 saturated carbocycles. The predicted octanol–water partition coefficient (Wildman–Crippen LogP) is -0.338. The molecule has 0 bridgehead atoms. The van der Waals surface area contributed by atoms with Crippen LogP contribution < -0.4 is 10.4 Å². The summed E-state index contributed by atoms with van der Waals surface area (Å²) in [5.41, 5.74) is -1.10. The Morgan fingerprint density at radius 1 is 1.44 bits per heavy atom. The zero-order chi connectivity index (χ0) is 11.8. The molecule has 0 saturated heterocycles. The predicted molar refractivity (Wildman–Crippen MR) is 59.1 cm³/mol. The molecule has 4 heteroatoms. The summed E-state index contributed by atoms with van der Waals surface area (Å²) in [5, 5.41) is 20.2. The summed E-state index contributed by atoms with van der Waals surface area (Å²) in [6.07, 6.45) is 8.24. The van der Waals surface area contributed by atoms with E-state index in [9.17, 15) is 9.90 Å². The molecule has 1 heterocycles. The Labute approximate surface area is 91.9 Å². The Kier molecular flexibility index (Phi) is 2.36. The average Bonchev–Trinajstić information content (AvgIpc) is 2.33. The lowest BCUT2D eigenvalue weighted by Crippen LogP contribution is -2.30. The zero-order valence-corrected chi connectivity index (χ0v) is 8.71. The van der Waals surface area contributed by atoms with E-state index in [1.54, 1.807) is 31.2 Å². The molecule has 1 aromatic heterocycles. The van der Waals surface area contributed by atoms with Gasteiger partial charge in [0.25, 0.3) is 0 Å². The minimum Gasteiger partial charge on any atom is -0.477 e. The van der Waals surface area contributed by atoms with Crippen molar-refractivity contribution in [2.75, 3.05) is 0 Å². The SMILES string of the molecule is CC1(O)C=CC=c2cnc(C(=O)O)cc2=C1. The van der Waals surface area contributed by atoms with Gasteiger partial charge in [0.2, 0.25) is 0 Å². The quantitative estimate of drug-likeness (QED) is 0.675. The van der Waals surface area contributed by atoms with Gasteiger partial charge in [-0.2, -0.15) is 0 Å². The van der Waals surface area contributed by atoms with Gasteiger partial charge in [-0.1, -0.05) is 12.2 Å². The van der Waals surface area contributed by atoms with Crippen molar-refractivity contribution in [3.8, 4) is 0 Å². The molecule has 1 aliphatic carbocycles. The maximum Gasteiger partial charge on any atom is 0.354 e. The maximum atomic E-state index is 10.8. The molecule has 0 aliphatic heterocycles. The van der Waals surface area contributed by atoms with Gasteiger partial charge >= 0.3 is 5.97 Å². The fraction of sp³-hybridized carbons (Fsp3) is 0.167. The lowest BCUT2D eigenvalue weighted by molar-refractivity contribution is 0.0690. The first kappa shape index (κ1) is 10.6. The van der Waals surface area contributed by atoms with Crippen molar-refractivity contribution < 1.29 is 15.0 Å². The number of aromatic carboxylic acids is 1. The monoisotopic (exact) mass is 217 g/mol. The molecule has 0 aromatic carbocycles. The third-order valence-electron chi connectivity index (χ3n) is 2.34. The fourth-order valence-corrected chi connectivity index (χ4v) is 1.57. The molecule has 1 unspecified atom stereocenters. The Hall–Kier alpha value is -1.94. The van der Waals surface area contributed by atoms with E-state index in [0.717, 1.165) is 5.22 Å². The molecule has 1 aromatic rings. The van der Waals surface area contributed by atoms with Crippen LogP contribution >= 0.6 is 0 Å². The number of nitrogens with zero attached hydrogens (tertiary/aromatic N) is 1. The molecule has 16 heavy (non-hydrogen) atoms. The van der Waals surface area contributed by atoms with E-state index in [-0.39, 0.29) is 5.69 Å². The van der Waals surface area contributed by atoms with Crippen molar-refractivity contribution in [1.29, 1.82) is 0 Å². The first-order valence-corrected chi connectivity index (χ1v) is 4.82. The number of fused-ring (bicyclic) bond motifs is 1. The summed E-state index contributed by atoms with van der Waals surface area (Å²) in [5.74, 6) is -1.08. The molecule has 0 radical (unpaired) electrons. The average molecular weight is 217 g/mol. The minimum atomic E-state index is -1.08. The number of pyridine rings is 1. The number of carbonyl (C=O) groups is 1. The van der Waals surface area contributed by atoms with E-state index in [1.165, 1.54) is 12.3 Å². The van der Waals surface area contributed by atoms with Crippen LogP contribution in [0, 0.1) is 0 Å². The van der Waals surface area contributed by atoms with Crippen LogP contribution in [-0.2, 0) is 0 Å². The van der Waals surface area contributed by atoms with E-state index in [0.29, 0.717) is 5.22 Å². The molecule has 2 rings (SSSR count). The number of allylic oxidation sites excluding steroid dienone is 1. The number of rotatable bonds is 1. The van der Waals surface area contributed by atoms with Crippen molar-refractivity contribution in [3.05, 3.63) is 40.5 Å². The van der Waals surface area contributed by atoms with Gasteiger partial charge in [0.1, 0.15) is 5.69 Å². The van der Waals surface area contributed by atoms with Crippen LogP contribution in [0.3, 0.4) is 0 Å². The first-order chi connectivity index (χ1) is 7.48. The van der Waals surface area contributed by atoms with Gasteiger partial charge in [0.15, 0.2) is 0 Å². The van der Waals surface area contributed by atoms with Crippen LogP contribution in [0.2, 0.25) is 0 Å². The summed E-state index contributed by atoms with van der Waals surface area (Å²) in [6.45, 7) is 1.63. The number of hydrogen-bond acceptors (Lipinski definition) is 3. The Morgan fingerprint density at radius 2 is 2.19 bits per heavy atom. The van der Waals surface area contributed by atoms with Crippen molar-refractivity contribution >= 4 is 18.1 Å². The third kappa shape index (κ3) is 2.01. The second kappa shape index (κ2) is 3.57. The van der Waals surface area contributed by atoms with Crippen LogP contribution in [0.1, 0.15) is 17.4 Å². The van der Waals surface area contributed by atoms with E-state index < -0.39 is 11.6 Å². The summed E-state index contributed by atoms with van der Waals surface area (Å²) in [4.78, 5) is 14.6. The Balaban J connectivity index is 2.72. The molecule has 0 amide bonds. The second-order valence-electron chi connectivity index (χ2n) is 3.90. The van der Waals surface area contributed by atoms with Crippen LogP contribution in [0.25, 0.3) is 12.2 Å². The highest BCUT2D eigenvalue weighted by molar-refractivity contribution is 5.85. The molecular weight excluding hydrogens is 206 g/mol. The number of aliphatic hydroxyl groups is 1. The largest absolute Gasteiger partial charge is 0.477 e. The van der Waals surface area contributed by atoms with Gasteiger partial charge in [0, 0.05) is 6.20 Å². The van der Waals surface area contributed by atoms with E-state index in [2.05, 4.69) is 4.98 Å². The van der Waals surface area contributed by atoms with Gasteiger partial charge in [0.05, 0.1) is 5.60 Å². The molecule has 82 valence electrons. The number of carboxylic acid groups (broad SMARTS) is 1. The van der Waals surface area contributed by atoms with Gasteiger partial charge in [-0.15, -0.1) is 0 Å². The van der Waals surface area contributed by atoms with Gasteiger partial charge in [-0.25, -0.2) is 9.78 Å². The lowest BCUT2D eigenvalue weighted by atomic mass is 10.1. The molecular formula is C12H11NO3. The summed E-state index contributed by atoms with van der Waals surface area (Å²) in [6, 6.07) is 1.45. The number of carboxylic acids is 1. The molecule has 1 atom stereocenters. The normalized spacial score (nSPS) is 22.6. The maximum absolute atomic E-state index is 10.8. The number of aromatic nitrogens is 1. The van der Waals surface area contributed by atoms with Crippen LogP contribution in [-0.4, -0.2) is 26.8 Å². The van der Waals surface area contributed by atoms with Crippen LogP contribution in [0.5, 0.6) is 0 Å². The third-order valence-corrected chi connectivity index (χ3v) is 2.34. The first-order valence-electron chi connectivity index (χ1n) is 4.82. The molecule has 4 nitrogen and oxygen atoms in total. The van der Waals surface area contributed by atoms with Gasteiger partial charge < -0.3 is 10.2 Å². The summed E-state index contributed by atoms with van der Waals surface area (Å²) >= 11 is 0. The van der Waals surface area contributed by atoms with E-state index in [1.807, 2.05) is 0 Å². The standard InChI is InChI=1S/C12H11NO3/c1-12(16)4-2-3-8-7-13-10(11(14)15)5-9(8)6-12/h2-7,16H,1H3,(H,14,15). The minimum absolute atomic E-state index is 0.0268. The van der Waals surface area contributed by atoms with Gasteiger partial charge in [-0.05, 0) is 35.6 Å². The molecule has 0 spiro atoms. The molecule has 0 fully saturated rings. The lowest BCUT2D eigenvalue weighted by Gasteiger charge is -2.11. The Bertz CT molecular complexity index is 585. The van der Waals surface area contributed by atoms with Crippen molar-refractivity contribution in [2.45, 2.75) is 12.5 Å². The summed E-state index contributed by atoms with van der Waals surface area (Å²) in [7, 11) is 0. The highest BCUT2D eigenvalue weighted by Crippen LogP contribution is 2.08. The second-order valence-corrected chi connectivity index (χ2v) is 3.90. The van der Waals surface area contributed by atoms with Crippen molar-refractivity contribution in [3.63, 3.8) is 0 Å². The van der Waals surface area contributed by atoms with Crippen LogP contribution in [0.15, 0.2) is 24.4 Å². The van der Waals surface area contributed by atoms with Crippen molar-refractivity contribution in [1.82, 2.24) is 4.98 Å². The topological polar surface area (TPSA) is 70.4 Å². The zero-order valence-electron chi connectivity index (χ0n) is 8.71. The number of hydrogen-bond donors (Lipinski definition) is 2. The highest BCUT2D eigenvalue weighted by Gasteiger charge is 2.13. The van der Waals surface area contributed by atoms with Crippen LogP contribution in [0.4, 0.5) is 0 Å². The van der Waals surface area contributed by atoms with E-state index >= 15 is 0 Å². The van der Waals surface area contributed by atoms with E-state index in [4.69, 9.17) is 5.11 Å².